The lowest BCUT2D eigenvalue weighted by molar-refractivity contribution is 0.126. The molecule has 1 aromatic carbocycles. The second kappa shape index (κ2) is 8.61. The molecule has 1 aromatic rings. The minimum atomic E-state index is 0.0837. The number of halogens is 2. The number of nitrogens with zero attached hydrogens (tertiary/aromatic N) is 1. The van der Waals surface area contributed by atoms with E-state index < -0.39 is 0 Å². The standard InChI is InChI=1S/C13H19Cl2NO3/c1-18-6-4-16(3-5-17)9-10-7-11(14)8-12(15)13(10)19-2/h7-8,17H,3-6,9H2,1-2H3. The lowest BCUT2D eigenvalue weighted by atomic mass is 10.2. The molecule has 19 heavy (non-hydrogen) atoms. The third-order valence-electron chi connectivity index (χ3n) is 2.71. The van der Waals surface area contributed by atoms with Gasteiger partial charge in [-0.05, 0) is 12.1 Å². The van der Waals surface area contributed by atoms with E-state index in [1.165, 1.54) is 0 Å². The maximum Gasteiger partial charge on any atom is 0.142 e. The quantitative estimate of drug-likeness (QED) is 0.801. The van der Waals surface area contributed by atoms with Crippen molar-refractivity contribution in [2.75, 3.05) is 40.5 Å². The van der Waals surface area contributed by atoms with Crippen LogP contribution < -0.4 is 4.74 Å². The predicted octanol–water partition coefficient (Wildman–Crippen LogP) is 2.44. The normalized spacial score (nSPS) is 11.1. The van der Waals surface area contributed by atoms with Crippen molar-refractivity contribution in [2.24, 2.45) is 0 Å². The molecule has 0 aliphatic rings. The second-order valence-corrected chi connectivity index (χ2v) is 4.92. The van der Waals surface area contributed by atoms with E-state index >= 15 is 0 Å². The Morgan fingerprint density at radius 3 is 2.53 bits per heavy atom. The van der Waals surface area contributed by atoms with E-state index in [2.05, 4.69) is 0 Å². The molecule has 0 amide bonds. The number of aliphatic hydroxyl groups excluding tert-OH is 1. The summed E-state index contributed by atoms with van der Waals surface area (Å²) in [6, 6.07) is 3.47. The van der Waals surface area contributed by atoms with Gasteiger partial charge in [-0.25, -0.2) is 0 Å². The summed E-state index contributed by atoms with van der Waals surface area (Å²) in [5.74, 6) is 0.617. The first kappa shape index (κ1) is 16.5. The molecule has 0 spiro atoms. The molecule has 6 heteroatoms. The highest BCUT2D eigenvalue weighted by Crippen LogP contribution is 2.32. The summed E-state index contributed by atoms with van der Waals surface area (Å²) in [4.78, 5) is 2.05. The van der Waals surface area contributed by atoms with E-state index in [9.17, 15) is 0 Å². The van der Waals surface area contributed by atoms with Crippen LogP contribution in [-0.2, 0) is 11.3 Å². The first-order valence-electron chi connectivity index (χ1n) is 5.96. The van der Waals surface area contributed by atoms with Crippen molar-refractivity contribution in [1.82, 2.24) is 4.90 Å². The van der Waals surface area contributed by atoms with E-state index in [0.29, 0.717) is 42.0 Å². The number of benzene rings is 1. The van der Waals surface area contributed by atoms with Gasteiger partial charge in [-0.15, -0.1) is 0 Å². The Morgan fingerprint density at radius 1 is 1.21 bits per heavy atom. The van der Waals surface area contributed by atoms with Gasteiger partial charge in [0.05, 0.1) is 25.3 Å². The topological polar surface area (TPSA) is 41.9 Å². The number of methoxy groups -OCH3 is 2. The Labute approximate surface area is 123 Å². The van der Waals surface area contributed by atoms with E-state index in [4.69, 9.17) is 37.8 Å². The summed E-state index contributed by atoms with van der Waals surface area (Å²) in [6.07, 6.45) is 0. The van der Waals surface area contributed by atoms with Crippen LogP contribution >= 0.6 is 23.2 Å². The summed E-state index contributed by atoms with van der Waals surface area (Å²) in [7, 11) is 3.22. The van der Waals surface area contributed by atoms with Crippen molar-refractivity contribution >= 4 is 23.2 Å². The number of hydrogen-bond donors (Lipinski definition) is 1. The predicted molar refractivity (Wildman–Crippen MR) is 77.3 cm³/mol. The van der Waals surface area contributed by atoms with Crippen LogP contribution in [0.15, 0.2) is 12.1 Å². The lowest BCUT2D eigenvalue weighted by Gasteiger charge is -2.22. The summed E-state index contributed by atoms with van der Waals surface area (Å²) < 4.78 is 10.4. The molecule has 0 heterocycles. The summed E-state index contributed by atoms with van der Waals surface area (Å²) in [5, 5.41) is 10.1. The van der Waals surface area contributed by atoms with Crippen LogP contribution in [0.2, 0.25) is 10.0 Å². The van der Waals surface area contributed by atoms with E-state index in [1.807, 2.05) is 11.0 Å². The van der Waals surface area contributed by atoms with Crippen LogP contribution in [0.5, 0.6) is 5.75 Å². The molecule has 0 aliphatic heterocycles. The van der Waals surface area contributed by atoms with Crippen molar-refractivity contribution in [3.63, 3.8) is 0 Å². The monoisotopic (exact) mass is 307 g/mol. The Morgan fingerprint density at radius 2 is 1.95 bits per heavy atom. The Hall–Kier alpha value is -0.520. The van der Waals surface area contributed by atoms with Gasteiger partial charge in [-0.2, -0.15) is 0 Å². The van der Waals surface area contributed by atoms with Crippen LogP contribution in [0, 0.1) is 0 Å². The molecule has 0 aliphatic carbocycles. The van der Waals surface area contributed by atoms with Crippen LogP contribution in [0.1, 0.15) is 5.56 Å². The van der Waals surface area contributed by atoms with Gasteiger partial charge in [0.2, 0.25) is 0 Å². The molecule has 0 unspecified atom stereocenters. The van der Waals surface area contributed by atoms with E-state index in [0.717, 1.165) is 5.56 Å². The molecular weight excluding hydrogens is 289 g/mol. The molecule has 4 nitrogen and oxygen atoms in total. The summed E-state index contributed by atoms with van der Waals surface area (Å²) >= 11 is 12.1. The Balaban J connectivity index is 2.87. The molecule has 1 N–H and O–H groups in total. The largest absolute Gasteiger partial charge is 0.495 e. The Bertz CT molecular complexity index is 402. The lowest BCUT2D eigenvalue weighted by Crippen LogP contribution is -2.30. The minimum absolute atomic E-state index is 0.0837. The number of ether oxygens (including phenoxy) is 2. The third-order valence-corrected chi connectivity index (χ3v) is 3.21. The fourth-order valence-electron chi connectivity index (χ4n) is 1.83. The molecule has 0 saturated heterocycles. The molecule has 0 fully saturated rings. The van der Waals surface area contributed by atoms with E-state index in [1.54, 1.807) is 20.3 Å². The van der Waals surface area contributed by atoms with Crippen molar-refractivity contribution in [2.45, 2.75) is 6.54 Å². The summed E-state index contributed by atoms with van der Waals surface area (Å²) in [5.41, 5.74) is 0.893. The molecule has 0 bridgehead atoms. The smallest absolute Gasteiger partial charge is 0.142 e. The van der Waals surface area contributed by atoms with Crippen molar-refractivity contribution in [1.29, 1.82) is 0 Å². The van der Waals surface area contributed by atoms with Crippen molar-refractivity contribution in [3.8, 4) is 5.75 Å². The molecule has 0 radical (unpaired) electrons. The van der Waals surface area contributed by atoms with Gasteiger partial charge < -0.3 is 14.6 Å². The first-order valence-corrected chi connectivity index (χ1v) is 6.72. The van der Waals surface area contributed by atoms with Crippen molar-refractivity contribution < 1.29 is 14.6 Å². The van der Waals surface area contributed by atoms with Crippen LogP contribution in [0.3, 0.4) is 0 Å². The van der Waals surface area contributed by atoms with Crippen LogP contribution in [0.4, 0.5) is 0 Å². The highest BCUT2D eigenvalue weighted by atomic mass is 35.5. The Kier molecular flexibility index (Phi) is 7.49. The molecule has 1 rings (SSSR count). The molecule has 0 aromatic heterocycles. The molecule has 108 valence electrons. The van der Waals surface area contributed by atoms with Gasteiger partial charge >= 0.3 is 0 Å². The van der Waals surface area contributed by atoms with Gasteiger partial charge in [-0.1, -0.05) is 23.2 Å². The van der Waals surface area contributed by atoms with Gasteiger partial charge in [-0.3, -0.25) is 4.90 Å². The highest BCUT2D eigenvalue weighted by Gasteiger charge is 2.13. The molecule has 0 saturated carbocycles. The third kappa shape index (κ3) is 5.16. The van der Waals surface area contributed by atoms with Gasteiger partial charge in [0.25, 0.3) is 0 Å². The zero-order valence-corrected chi connectivity index (χ0v) is 12.7. The van der Waals surface area contributed by atoms with Gasteiger partial charge in [0.15, 0.2) is 0 Å². The highest BCUT2D eigenvalue weighted by molar-refractivity contribution is 6.35. The van der Waals surface area contributed by atoms with Gasteiger partial charge in [0, 0.05) is 37.3 Å². The fourth-order valence-corrected chi connectivity index (χ4v) is 2.45. The van der Waals surface area contributed by atoms with Crippen LogP contribution in [-0.4, -0.2) is 50.5 Å². The summed E-state index contributed by atoms with van der Waals surface area (Å²) in [6.45, 7) is 2.53. The minimum Gasteiger partial charge on any atom is -0.495 e. The maximum atomic E-state index is 9.08. The first-order chi connectivity index (χ1) is 9.12. The van der Waals surface area contributed by atoms with Gasteiger partial charge in [0.1, 0.15) is 5.75 Å². The molecule has 0 atom stereocenters. The van der Waals surface area contributed by atoms with Crippen molar-refractivity contribution in [3.05, 3.63) is 27.7 Å². The maximum absolute atomic E-state index is 9.08. The zero-order chi connectivity index (χ0) is 14.3. The number of aliphatic hydroxyl groups is 1. The second-order valence-electron chi connectivity index (χ2n) is 4.07. The number of rotatable bonds is 8. The van der Waals surface area contributed by atoms with E-state index in [-0.39, 0.29) is 6.61 Å². The average Bonchev–Trinajstić information content (AvgIpc) is 2.35. The average molecular weight is 308 g/mol. The zero-order valence-electron chi connectivity index (χ0n) is 11.2. The molecular formula is C13H19Cl2NO3. The number of hydrogen-bond acceptors (Lipinski definition) is 4. The SMILES string of the molecule is COCCN(CCO)Cc1cc(Cl)cc(Cl)c1OC. The fraction of sp³-hybridized carbons (Fsp3) is 0.538. The van der Waals surface area contributed by atoms with Crippen LogP contribution in [0.25, 0.3) is 0 Å².